The number of hydrogen-bond acceptors (Lipinski definition) is 5. The van der Waals surface area contributed by atoms with Crippen molar-refractivity contribution in [2.24, 2.45) is 5.92 Å². The minimum atomic E-state index is -0.400. The lowest BCUT2D eigenvalue weighted by Gasteiger charge is -2.21. The van der Waals surface area contributed by atoms with Gasteiger partial charge in [-0.2, -0.15) is 0 Å². The molecule has 2 amide bonds. The van der Waals surface area contributed by atoms with Crippen molar-refractivity contribution >= 4 is 45.6 Å². The topological polar surface area (TPSA) is 75.2 Å². The van der Waals surface area contributed by atoms with E-state index in [1.807, 2.05) is 6.07 Å². The number of nitrogens with one attached hydrogen (secondary N) is 1. The van der Waals surface area contributed by atoms with Crippen LogP contribution < -0.4 is 10.2 Å². The van der Waals surface area contributed by atoms with E-state index >= 15 is 0 Å². The van der Waals surface area contributed by atoms with Crippen molar-refractivity contribution in [2.45, 2.75) is 31.6 Å². The van der Waals surface area contributed by atoms with Crippen LogP contribution in [0.25, 0.3) is 0 Å². The smallest absolute Gasteiger partial charge is 0.231 e. The minimum Gasteiger partial charge on any atom is -0.312 e. The number of nitrogens with zero attached hydrogens (tertiary/aromatic N) is 3. The summed E-state index contributed by atoms with van der Waals surface area (Å²) in [6.07, 6.45) is 3.71. The summed E-state index contributed by atoms with van der Waals surface area (Å²) in [5.74, 6) is -0.166. The molecule has 1 N–H and O–H groups in total. The summed E-state index contributed by atoms with van der Waals surface area (Å²) >= 11 is 7.42. The molecule has 1 saturated carbocycles. The molecule has 1 aromatic carbocycles. The highest BCUT2D eigenvalue weighted by Crippen LogP contribution is 2.38. The third kappa shape index (κ3) is 3.39. The summed E-state index contributed by atoms with van der Waals surface area (Å²) < 4.78 is 0. The first-order chi connectivity index (χ1) is 12.1. The Balaban J connectivity index is 1.41. The van der Waals surface area contributed by atoms with Gasteiger partial charge in [-0.3, -0.25) is 9.59 Å². The van der Waals surface area contributed by atoms with Crippen molar-refractivity contribution in [3.8, 4) is 0 Å². The van der Waals surface area contributed by atoms with E-state index in [1.54, 1.807) is 23.1 Å². The summed E-state index contributed by atoms with van der Waals surface area (Å²) in [7, 11) is 0. The molecule has 2 aromatic rings. The highest BCUT2D eigenvalue weighted by atomic mass is 35.5. The maximum Gasteiger partial charge on any atom is 0.231 e. The SMILES string of the molecule is O=C(Nc1nnc(C2CCC2)s1)[C@H]1CC(=O)N(c2cccc(Cl)c2)C1. The quantitative estimate of drug-likeness (QED) is 0.886. The van der Waals surface area contributed by atoms with Crippen molar-refractivity contribution in [3.05, 3.63) is 34.3 Å². The van der Waals surface area contributed by atoms with E-state index in [0.29, 0.717) is 22.6 Å². The fraction of sp³-hybridized carbons (Fsp3) is 0.412. The fourth-order valence-electron chi connectivity index (χ4n) is 3.09. The van der Waals surface area contributed by atoms with E-state index in [1.165, 1.54) is 17.8 Å². The number of aromatic nitrogens is 2. The second kappa shape index (κ2) is 6.72. The lowest BCUT2D eigenvalue weighted by atomic mass is 9.86. The van der Waals surface area contributed by atoms with E-state index in [2.05, 4.69) is 15.5 Å². The van der Waals surface area contributed by atoms with E-state index in [9.17, 15) is 9.59 Å². The first-order valence-electron chi connectivity index (χ1n) is 8.30. The van der Waals surface area contributed by atoms with Gasteiger partial charge in [-0.15, -0.1) is 10.2 Å². The van der Waals surface area contributed by atoms with Crippen LogP contribution in [0.1, 0.15) is 36.6 Å². The number of carbonyl (C=O) groups is 2. The summed E-state index contributed by atoms with van der Waals surface area (Å²) in [6, 6.07) is 7.10. The molecule has 0 bridgehead atoms. The normalized spacial score (nSPS) is 20.6. The molecule has 8 heteroatoms. The van der Waals surface area contributed by atoms with Gasteiger partial charge in [0.05, 0.1) is 5.92 Å². The molecule has 2 fully saturated rings. The van der Waals surface area contributed by atoms with Crippen molar-refractivity contribution in [1.29, 1.82) is 0 Å². The molecule has 25 heavy (non-hydrogen) atoms. The van der Waals surface area contributed by atoms with Gasteiger partial charge >= 0.3 is 0 Å². The van der Waals surface area contributed by atoms with E-state index in [-0.39, 0.29) is 18.2 Å². The Morgan fingerprint density at radius 3 is 2.88 bits per heavy atom. The number of hydrogen-bond donors (Lipinski definition) is 1. The van der Waals surface area contributed by atoms with Crippen LogP contribution in [0.2, 0.25) is 5.02 Å². The number of carbonyl (C=O) groups excluding carboxylic acids is 2. The van der Waals surface area contributed by atoms with Crippen LogP contribution >= 0.6 is 22.9 Å². The van der Waals surface area contributed by atoms with Gasteiger partial charge in [0.25, 0.3) is 0 Å². The number of anilines is 2. The summed E-state index contributed by atoms with van der Waals surface area (Å²) in [5, 5.41) is 13.1. The van der Waals surface area contributed by atoms with Gasteiger partial charge in [-0.05, 0) is 31.0 Å². The van der Waals surface area contributed by atoms with Crippen molar-refractivity contribution in [2.75, 3.05) is 16.8 Å². The van der Waals surface area contributed by atoms with Gasteiger partial charge in [0.1, 0.15) is 5.01 Å². The maximum atomic E-state index is 12.5. The lowest BCUT2D eigenvalue weighted by Crippen LogP contribution is -2.28. The van der Waals surface area contributed by atoms with Crippen LogP contribution in [-0.4, -0.2) is 28.6 Å². The molecule has 130 valence electrons. The molecule has 1 aromatic heterocycles. The Labute approximate surface area is 154 Å². The van der Waals surface area contributed by atoms with E-state index in [0.717, 1.165) is 23.5 Å². The zero-order valence-corrected chi connectivity index (χ0v) is 15.0. The number of benzene rings is 1. The van der Waals surface area contributed by atoms with E-state index < -0.39 is 5.92 Å². The van der Waals surface area contributed by atoms with Crippen molar-refractivity contribution < 1.29 is 9.59 Å². The average molecular weight is 377 g/mol. The first-order valence-corrected chi connectivity index (χ1v) is 9.50. The Kier molecular flexibility index (Phi) is 4.43. The Bertz CT molecular complexity index is 820. The fourth-order valence-corrected chi connectivity index (χ4v) is 4.19. The summed E-state index contributed by atoms with van der Waals surface area (Å²) in [5.41, 5.74) is 0.719. The number of rotatable bonds is 4. The molecule has 2 aliphatic rings. The van der Waals surface area contributed by atoms with Crippen LogP contribution in [0, 0.1) is 5.92 Å². The predicted octanol–water partition coefficient (Wildman–Crippen LogP) is 3.45. The second-order valence-electron chi connectivity index (χ2n) is 6.45. The van der Waals surface area contributed by atoms with Gasteiger partial charge in [-0.25, -0.2) is 0 Å². The Hall–Kier alpha value is -1.99. The maximum absolute atomic E-state index is 12.5. The minimum absolute atomic E-state index is 0.0742. The van der Waals surface area contributed by atoms with Crippen LogP contribution in [0.4, 0.5) is 10.8 Å². The highest BCUT2D eigenvalue weighted by molar-refractivity contribution is 7.15. The molecule has 1 saturated heterocycles. The second-order valence-corrected chi connectivity index (χ2v) is 7.89. The van der Waals surface area contributed by atoms with Gasteiger partial charge in [0.15, 0.2) is 0 Å². The van der Waals surface area contributed by atoms with Crippen LogP contribution in [0.3, 0.4) is 0 Å². The van der Waals surface area contributed by atoms with Crippen molar-refractivity contribution in [1.82, 2.24) is 10.2 Å². The van der Waals surface area contributed by atoms with Gasteiger partial charge in [0, 0.05) is 29.6 Å². The zero-order valence-electron chi connectivity index (χ0n) is 13.4. The molecular formula is C17H17ClN4O2S. The largest absolute Gasteiger partial charge is 0.312 e. The van der Waals surface area contributed by atoms with E-state index in [4.69, 9.17) is 11.6 Å². The standard InChI is InChI=1S/C17H17ClN4O2S/c18-12-5-2-6-13(8-12)22-9-11(7-14(22)23)15(24)19-17-21-20-16(25-17)10-3-1-4-10/h2,5-6,8,10-11H,1,3-4,7,9H2,(H,19,21,24)/t11-/m0/s1. The summed E-state index contributed by atoms with van der Waals surface area (Å²) in [6.45, 7) is 0.347. The molecule has 1 aliphatic carbocycles. The molecule has 2 heterocycles. The molecule has 0 radical (unpaired) electrons. The molecule has 0 unspecified atom stereocenters. The molecule has 1 aliphatic heterocycles. The highest BCUT2D eigenvalue weighted by Gasteiger charge is 2.35. The van der Waals surface area contributed by atoms with Gasteiger partial charge in [-0.1, -0.05) is 35.4 Å². The third-order valence-electron chi connectivity index (χ3n) is 4.74. The lowest BCUT2D eigenvalue weighted by molar-refractivity contribution is -0.122. The van der Waals surface area contributed by atoms with Gasteiger partial charge < -0.3 is 10.2 Å². The monoisotopic (exact) mass is 376 g/mol. The predicted molar refractivity (Wildman–Crippen MR) is 97.0 cm³/mol. The molecule has 6 nitrogen and oxygen atoms in total. The first kappa shape index (κ1) is 16.5. The van der Waals surface area contributed by atoms with Crippen LogP contribution in [-0.2, 0) is 9.59 Å². The average Bonchev–Trinajstić information content (AvgIpc) is 3.12. The molecule has 4 rings (SSSR count). The summed E-state index contributed by atoms with van der Waals surface area (Å²) in [4.78, 5) is 26.4. The number of halogens is 1. The Morgan fingerprint density at radius 1 is 1.32 bits per heavy atom. The van der Waals surface area contributed by atoms with Crippen molar-refractivity contribution in [3.63, 3.8) is 0 Å². The zero-order chi connectivity index (χ0) is 17.4. The Morgan fingerprint density at radius 2 is 2.16 bits per heavy atom. The molecular weight excluding hydrogens is 360 g/mol. The molecule has 1 atom stereocenters. The van der Waals surface area contributed by atoms with Crippen LogP contribution in [0.15, 0.2) is 24.3 Å². The third-order valence-corrected chi connectivity index (χ3v) is 5.98. The van der Waals surface area contributed by atoms with Gasteiger partial charge in [0.2, 0.25) is 16.9 Å². The molecule has 0 spiro atoms. The number of amides is 2. The van der Waals surface area contributed by atoms with Crippen LogP contribution in [0.5, 0.6) is 0 Å².